The number of carbonyl (C=O) groups excluding carboxylic acids is 2. The summed E-state index contributed by atoms with van der Waals surface area (Å²) in [4.78, 5) is 28.1. The van der Waals surface area contributed by atoms with Crippen molar-refractivity contribution in [1.29, 1.82) is 0 Å². The van der Waals surface area contributed by atoms with E-state index in [1.807, 2.05) is 20.8 Å². The van der Waals surface area contributed by atoms with Crippen LogP contribution in [-0.4, -0.2) is 88.0 Å². The second-order valence-corrected chi connectivity index (χ2v) is 6.66. The van der Waals surface area contributed by atoms with Crippen LogP contribution < -0.4 is 19.5 Å². The average Bonchev–Trinajstić information content (AvgIpc) is 2.76. The number of rotatable bonds is 10. The normalized spacial score (nSPS) is 14.2. The van der Waals surface area contributed by atoms with Crippen LogP contribution in [0.1, 0.15) is 31.1 Å². The van der Waals surface area contributed by atoms with Crippen LogP contribution in [0.2, 0.25) is 0 Å². The molecule has 2 amide bonds. The zero-order valence-electron chi connectivity index (χ0n) is 18.4. The van der Waals surface area contributed by atoms with Crippen LogP contribution in [0.3, 0.4) is 0 Å². The van der Waals surface area contributed by atoms with Gasteiger partial charge < -0.3 is 29.2 Å². The summed E-state index contributed by atoms with van der Waals surface area (Å²) in [6, 6.07) is 3.36. The first-order chi connectivity index (χ1) is 14.5. The Balaban J connectivity index is 1.95. The van der Waals surface area contributed by atoms with Gasteiger partial charge in [0.1, 0.15) is 0 Å². The molecule has 1 aromatic carbocycles. The van der Waals surface area contributed by atoms with E-state index in [4.69, 9.17) is 18.9 Å². The summed E-state index contributed by atoms with van der Waals surface area (Å²) in [5.41, 5.74) is 0.459. The summed E-state index contributed by atoms with van der Waals surface area (Å²) >= 11 is 0. The standard InChI is InChI=1S/C21H33N3O6/c1-5-28-17-14-16(15-18(29-6-2)19(17)30-7-3)20(25)22-8-9-23-10-12-24(13-11-23)21(26)27-4/h14-15H,5-13H2,1-4H3,(H,22,25). The summed E-state index contributed by atoms with van der Waals surface area (Å²) in [5.74, 6) is 1.30. The fraction of sp³-hybridized carbons (Fsp3) is 0.619. The molecule has 9 heteroatoms. The highest BCUT2D eigenvalue weighted by atomic mass is 16.5. The number of methoxy groups -OCH3 is 1. The van der Waals surface area contributed by atoms with E-state index in [1.54, 1.807) is 17.0 Å². The van der Waals surface area contributed by atoms with E-state index < -0.39 is 0 Å². The van der Waals surface area contributed by atoms with Crippen molar-refractivity contribution in [2.75, 3.05) is 66.2 Å². The van der Waals surface area contributed by atoms with Gasteiger partial charge in [-0.1, -0.05) is 0 Å². The number of ether oxygens (including phenoxy) is 4. The summed E-state index contributed by atoms with van der Waals surface area (Å²) in [7, 11) is 1.39. The van der Waals surface area contributed by atoms with E-state index in [2.05, 4.69) is 10.2 Å². The number of benzene rings is 1. The fourth-order valence-corrected chi connectivity index (χ4v) is 3.23. The zero-order valence-corrected chi connectivity index (χ0v) is 18.4. The van der Waals surface area contributed by atoms with Crippen molar-refractivity contribution in [3.8, 4) is 17.2 Å². The van der Waals surface area contributed by atoms with Gasteiger partial charge in [-0.3, -0.25) is 9.69 Å². The van der Waals surface area contributed by atoms with Crippen LogP contribution in [0.15, 0.2) is 12.1 Å². The predicted octanol–water partition coefficient (Wildman–Crippen LogP) is 2.00. The Hall–Kier alpha value is -2.68. The summed E-state index contributed by atoms with van der Waals surface area (Å²) in [5, 5.41) is 2.94. The fourth-order valence-electron chi connectivity index (χ4n) is 3.23. The van der Waals surface area contributed by atoms with Gasteiger partial charge in [-0.25, -0.2) is 4.79 Å². The largest absolute Gasteiger partial charge is 0.490 e. The maximum Gasteiger partial charge on any atom is 0.409 e. The molecule has 1 saturated heterocycles. The summed E-state index contributed by atoms with van der Waals surface area (Å²) in [6.45, 7) is 10.9. The molecule has 0 aliphatic carbocycles. The van der Waals surface area contributed by atoms with Crippen molar-refractivity contribution in [3.05, 3.63) is 17.7 Å². The molecule has 1 N–H and O–H groups in total. The lowest BCUT2D eigenvalue weighted by molar-refractivity contribution is 0.0884. The maximum absolute atomic E-state index is 12.7. The lowest BCUT2D eigenvalue weighted by Gasteiger charge is -2.33. The molecule has 0 radical (unpaired) electrons. The SMILES string of the molecule is CCOc1cc(C(=O)NCCN2CCN(C(=O)OC)CC2)cc(OCC)c1OCC. The van der Waals surface area contributed by atoms with Gasteiger partial charge in [0.25, 0.3) is 5.91 Å². The average molecular weight is 424 g/mol. The molecule has 2 rings (SSSR count). The smallest absolute Gasteiger partial charge is 0.409 e. The first-order valence-electron chi connectivity index (χ1n) is 10.4. The molecule has 0 atom stereocenters. The molecule has 168 valence electrons. The third-order valence-electron chi connectivity index (χ3n) is 4.69. The van der Waals surface area contributed by atoms with Gasteiger partial charge >= 0.3 is 6.09 Å². The van der Waals surface area contributed by atoms with Crippen LogP contribution in [0.25, 0.3) is 0 Å². The second kappa shape index (κ2) is 12.1. The monoisotopic (exact) mass is 423 g/mol. The topological polar surface area (TPSA) is 89.6 Å². The van der Waals surface area contributed by atoms with Crippen LogP contribution in [-0.2, 0) is 4.74 Å². The molecule has 1 aromatic rings. The molecule has 1 aliphatic rings. The highest BCUT2D eigenvalue weighted by Gasteiger charge is 2.22. The number of piperazine rings is 1. The molecule has 1 aliphatic heterocycles. The third-order valence-corrected chi connectivity index (χ3v) is 4.69. The first kappa shape index (κ1) is 23.6. The van der Waals surface area contributed by atoms with E-state index in [-0.39, 0.29) is 12.0 Å². The van der Waals surface area contributed by atoms with Crippen LogP contribution in [0, 0.1) is 0 Å². The highest BCUT2D eigenvalue weighted by Crippen LogP contribution is 2.39. The second-order valence-electron chi connectivity index (χ2n) is 6.66. The number of carbonyl (C=O) groups is 2. The van der Waals surface area contributed by atoms with E-state index in [0.717, 1.165) is 13.1 Å². The highest BCUT2D eigenvalue weighted by molar-refractivity contribution is 5.95. The van der Waals surface area contributed by atoms with Crippen molar-refractivity contribution >= 4 is 12.0 Å². The predicted molar refractivity (Wildman–Crippen MR) is 113 cm³/mol. The van der Waals surface area contributed by atoms with Crippen molar-refractivity contribution < 1.29 is 28.5 Å². The van der Waals surface area contributed by atoms with Gasteiger partial charge in [0.05, 0.1) is 26.9 Å². The van der Waals surface area contributed by atoms with Crippen molar-refractivity contribution in [2.24, 2.45) is 0 Å². The van der Waals surface area contributed by atoms with Crippen molar-refractivity contribution in [1.82, 2.24) is 15.1 Å². The minimum absolute atomic E-state index is 0.201. The van der Waals surface area contributed by atoms with Crippen LogP contribution >= 0.6 is 0 Å². The molecule has 9 nitrogen and oxygen atoms in total. The summed E-state index contributed by atoms with van der Waals surface area (Å²) < 4.78 is 21.8. The molecular weight excluding hydrogens is 390 g/mol. The van der Waals surface area contributed by atoms with E-state index in [1.165, 1.54) is 7.11 Å². The minimum Gasteiger partial charge on any atom is -0.490 e. The number of amides is 2. The van der Waals surface area contributed by atoms with Gasteiger partial charge in [0.15, 0.2) is 11.5 Å². The first-order valence-corrected chi connectivity index (χ1v) is 10.4. The molecule has 1 heterocycles. The zero-order chi connectivity index (χ0) is 21.9. The lowest BCUT2D eigenvalue weighted by atomic mass is 10.1. The minimum atomic E-state index is -0.298. The molecule has 0 saturated carbocycles. The number of hydrogen-bond acceptors (Lipinski definition) is 7. The van der Waals surface area contributed by atoms with Crippen molar-refractivity contribution in [3.63, 3.8) is 0 Å². The summed E-state index contributed by atoms with van der Waals surface area (Å²) in [6.07, 6.45) is -0.298. The molecule has 0 unspecified atom stereocenters. The Morgan fingerprint density at radius 2 is 1.50 bits per heavy atom. The van der Waals surface area contributed by atoms with E-state index >= 15 is 0 Å². The molecule has 1 fully saturated rings. The van der Waals surface area contributed by atoms with Gasteiger partial charge in [0, 0.05) is 44.8 Å². The van der Waals surface area contributed by atoms with Crippen molar-refractivity contribution in [2.45, 2.75) is 20.8 Å². The Labute approximate surface area is 178 Å². The quantitative estimate of drug-likeness (QED) is 0.616. The number of nitrogens with zero attached hydrogens (tertiary/aromatic N) is 2. The number of nitrogens with one attached hydrogen (secondary N) is 1. The molecule has 0 aromatic heterocycles. The van der Waals surface area contributed by atoms with E-state index in [0.29, 0.717) is 68.8 Å². The molecular formula is C21H33N3O6. The number of hydrogen-bond donors (Lipinski definition) is 1. The van der Waals surface area contributed by atoms with Crippen LogP contribution in [0.4, 0.5) is 4.79 Å². The molecule has 0 bridgehead atoms. The Bertz CT molecular complexity index is 677. The molecule has 30 heavy (non-hydrogen) atoms. The van der Waals surface area contributed by atoms with Gasteiger partial charge in [-0.05, 0) is 32.9 Å². The molecule has 0 spiro atoms. The van der Waals surface area contributed by atoms with Crippen LogP contribution in [0.5, 0.6) is 17.2 Å². The Kier molecular flexibility index (Phi) is 9.53. The Morgan fingerprint density at radius 1 is 0.933 bits per heavy atom. The van der Waals surface area contributed by atoms with Gasteiger partial charge in [-0.15, -0.1) is 0 Å². The Morgan fingerprint density at radius 3 is 2.00 bits per heavy atom. The lowest BCUT2D eigenvalue weighted by Crippen LogP contribution is -2.50. The van der Waals surface area contributed by atoms with Gasteiger partial charge in [-0.2, -0.15) is 0 Å². The third kappa shape index (κ3) is 6.41. The van der Waals surface area contributed by atoms with Gasteiger partial charge in [0.2, 0.25) is 5.75 Å². The van der Waals surface area contributed by atoms with E-state index in [9.17, 15) is 9.59 Å². The maximum atomic E-state index is 12.7.